The fraction of sp³-hybridized carbons (Fsp3) is 0.136. The quantitative estimate of drug-likeness (QED) is 0.563. The van der Waals surface area contributed by atoms with E-state index in [1.807, 2.05) is 97.9 Å². The number of esters is 1. The van der Waals surface area contributed by atoms with E-state index in [2.05, 4.69) is 0 Å². The van der Waals surface area contributed by atoms with Gasteiger partial charge in [-0.05, 0) is 23.6 Å². The molecular weight excluding hydrogens is 332 g/mol. The Bertz CT molecular complexity index is 733. The molecule has 3 aromatic carbocycles. The van der Waals surface area contributed by atoms with Crippen LogP contribution in [0.15, 0.2) is 91.0 Å². The van der Waals surface area contributed by atoms with E-state index in [-0.39, 0.29) is 24.3 Å². The number of hydrogen-bond donors (Lipinski definition) is 0. The van der Waals surface area contributed by atoms with Crippen LogP contribution in [-0.2, 0) is 9.53 Å². The fourth-order valence-corrected chi connectivity index (χ4v) is 2.68. The third-order valence-corrected chi connectivity index (χ3v) is 4.09. The molecule has 0 radical (unpaired) electrons. The van der Waals surface area contributed by atoms with Gasteiger partial charge >= 0.3 is 5.97 Å². The van der Waals surface area contributed by atoms with Crippen LogP contribution in [0.5, 0.6) is 0 Å². The minimum absolute atomic E-state index is 0. The maximum absolute atomic E-state index is 12.7. The normalized spacial score (nSPS) is 11.4. The molecule has 0 heterocycles. The SMILES string of the molecule is CC(C(=O)OC(c1ccccc1)c1ccccc1)c1ccccc1.Cl. The Morgan fingerprint density at radius 2 is 1.04 bits per heavy atom. The van der Waals surface area contributed by atoms with Gasteiger partial charge in [-0.2, -0.15) is 0 Å². The monoisotopic (exact) mass is 352 g/mol. The number of carbonyl (C=O) groups is 1. The Hall–Kier alpha value is -2.58. The zero-order chi connectivity index (χ0) is 16.8. The summed E-state index contributed by atoms with van der Waals surface area (Å²) in [5, 5.41) is 0. The smallest absolute Gasteiger partial charge is 0.314 e. The molecule has 0 amide bonds. The maximum Gasteiger partial charge on any atom is 0.314 e. The molecule has 0 saturated carbocycles. The largest absolute Gasteiger partial charge is 0.452 e. The molecule has 0 aromatic heterocycles. The van der Waals surface area contributed by atoms with Crippen molar-refractivity contribution < 1.29 is 9.53 Å². The van der Waals surface area contributed by atoms with E-state index in [1.165, 1.54) is 0 Å². The zero-order valence-electron chi connectivity index (χ0n) is 14.0. The van der Waals surface area contributed by atoms with Crippen LogP contribution in [0, 0.1) is 0 Å². The Morgan fingerprint density at radius 1 is 0.680 bits per heavy atom. The van der Waals surface area contributed by atoms with Gasteiger partial charge in [0.05, 0.1) is 5.92 Å². The second-order valence-corrected chi connectivity index (χ2v) is 5.77. The highest BCUT2D eigenvalue weighted by Gasteiger charge is 2.23. The summed E-state index contributed by atoms with van der Waals surface area (Å²) in [6.07, 6.45) is -0.397. The molecular formula is C22H21ClO2. The van der Waals surface area contributed by atoms with Crippen molar-refractivity contribution in [2.45, 2.75) is 18.9 Å². The molecule has 0 bridgehead atoms. The number of hydrogen-bond acceptors (Lipinski definition) is 2. The summed E-state index contributed by atoms with van der Waals surface area (Å²) in [5.74, 6) is -0.528. The van der Waals surface area contributed by atoms with E-state index in [4.69, 9.17) is 4.74 Å². The van der Waals surface area contributed by atoms with Crippen LogP contribution in [0.25, 0.3) is 0 Å². The Balaban J connectivity index is 0.00000225. The van der Waals surface area contributed by atoms with Gasteiger partial charge in [0, 0.05) is 0 Å². The second kappa shape index (κ2) is 9.05. The van der Waals surface area contributed by atoms with Crippen molar-refractivity contribution in [1.29, 1.82) is 0 Å². The molecule has 0 aliphatic rings. The van der Waals surface area contributed by atoms with E-state index in [9.17, 15) is 4.79 Å². The lowest BCUT2D eigenvalue weighted by Gasteiger charge is -2.21. The van der Waals surface area contributed by atoms with Crippen molar-refractivity contribution in [2.24, 2.45) is 0 Å². The van der Waals surface area contributed by atoms with E-state index in [0.29, 0.717) is 0 Å². The molecule has 3 aromatic rings. The van der Waals surface area contributed by atoms with Gasteiger partial charge in [-0.1, -0.05) is 91.0 Å². The first-order chi connectivity index (χ1) is 11.8. The molecule has 3 heteroatoms. The Kier molecular flexibility index (Phi) is 6.79. The average Bonchev–Trinajstić information content (AvgIpc) is 2.67. The summed E-state index contributed by atoms with van der Waals surface area (Å²) in [6.45, 7) is 1.88. The highest BCUT2D eigenvalue weighted by Crippen LogP contribution is 2.28. The third kappa shape index (κ3) is 4.71. The van der Waals surface area contributed by atoms with Gasteiger partial charge in [0.1, 0.15) is 0 Å². The first-order valence-electron chi connectivity index (χ1n) is 8.11. The van der Waals surface area contributed by atoms with E-state index in [1.54, 1.807) is 0 Å². The van der Waals surface area contributed by atoms with Crippen LogP contribution in [0.3, 0.4) is 0 Å². The molecule has 1 unspecified atom stereocenters. The molecule has 3 rings (SSSR count). The molecule has 0 aliphatic heterocycles. The molecule has 0 aliphatic carbocycles. The number of carbonyl (C=O) groups excluding carboxylic acids is 1. The van der Waals surface area contributed by atoms with Gasteiger partial charge in [-0.15, -0.1) is 12.4 Å². The molecule has 128 valence electrons. The molecule has 0 spiro atoms. The predicted molar refractivity (Wildman–Crippen MR) is 103 cm³/mol. The Labute approximate surface area is 154 Å². The van der Waals surface area contributed by atoms with Crippen molar-refractivity contribution >= 4 is 18.4 Å². The van der Waals surface area contributed by atoms with E-state index < -0.39 is 6.10 Å². The van der Waals surface area contributed by atoms with Crippen LogP contribution in [0.2, 0.25) is 0 Å². The number of ether oxygens (including phenoxy) is 1. The second-order valence-electron chi connectivity index (χ2n) is 5.77. The van der Waals surface area contributed by atoms with Crippen molar-refractivity contribution in [1.82, 2.24) is 0 Å². The minimum atomic E-state index is -0.397. The maximum atomic E-state index is 12.7. The van der Waals surface area contributed by atoms with Gasteiger partial charge < -0.3 is 4.74 Å². The molecule has 2 nitrogen and oxygen atoms in total. The first kappa shape index (κ1) is 18.8. The van der Waals surface area contributed by atoms with Crippen molar-refractivity contribution in [3.05, 3.63) is 108 Å². The summed E-state index contributed by atoms with van der Waals surface area (Å²) in [6, 6.07) is 29.4. The van der Waals surface area contributed by atoms with Crippen LogP contribution in [0.1, 0.15) is 35.6 Å². The lowest BCUT2D eigenvalue weighted by Crippen LogP contribution is -2.18. The summed E-state index contributed by atoms with van der Waals surface area (Å²) < 4.78 is 5.90. The van der Waals surface area contributed by atoms with E-state index in [0.717, 1.165) is 16.7 Å². The van der Waals surface area contributed by atoms with E-state index >= 15 is 0 Å². The summed E-state index contributed by atoms with van der Waals surface area (Å²) in [4.78, 5) is 12.7. The number of benzene rings is 3. The number of rotatable bonds is 5. The van der Waals surface area contributed by atoms with Crippen LogP contribution >= 0.6 is 12.4 Å². The zero-order valence-corrected chi connectivity index (χ0v) is 14.9. The average molecular weight is 353 g/mol. The summed E-state index contributed by atoms with van der Waals surface area (Å²) in [7, 11) is 0. The minimum Gasteiger partial charge on any atom is -0.452 e. The summed E-state index contributed by atoms with van der Waals surface area (Å²) >= 11 is 0. The third-order valence-electron chi connectivity index (χ3n) is 4.09. The predicted octanol–water partition coefficient (Wildman–Crippen LogP) is 5.54. The van der Waals surface area contributed by atoms with Gasteiger partial charge in [-0.3, -0.25) is 4.79 Å². The van der Waals surface area contributed by atoms with Crippen LogP contribution in [0.4, 0.5) is 0 Å². The van der Waals surface area contributed by atoms with Gasteiger partial charge in [0.2, 0.25) is 0 Å². The lowest BCUT2D eigenvalue weighted by atomic mass is 9.99. The highest BCUT2D eigenvalue weighted by atomic mass is 35.5. The van der Waals surface area contributed by atoms with Crippen molar-refractivity contribution in [3.8, 4) is 0 Å². The topological polar surface area (TPSA) is 26.3 Å². The van der Waals surface area contributed by atoms with Crippen molar-refractivity contribution in [2.75, 3.05) is 0 Å². The lowest BCUT2D eigenvalue weighted by molar-refractivity contribution is -0.149. The van der Waals surface area contributed by atoms with Gasteiger partial charge in [0.25, 0.3) is 0 Å². The summed E-state index contributed by atoms with van der Waals surface area (Å²) in [5.41, 5.74) is 2.90. The van der Waals surface area contributed by atoms with Crippen LogP contribution < -0.4 is 0 Å². The van der Waals surface area contributed by atoms with Gasteiger partial charge in [0.15, 0.2) is 6.10 Å². The fourth-order valence-electron chi connectivity index (χ4n) is 2.68. The Morgan fingerprint density at radius 3 is 1.44 bits per heavy atom. The van der Waals surface area contributed by atoms with Gasteiger partial charge in [-0.25, -0.2) is 0 Å². The standard InChI is InChI=1S/C22H20O2.ClH/c1-17(18-11-5-2-6-12-18)22(23)24-21(19-13-7-3-8-14-19)20-15-9-4-10-16-20;/h2-17,21H,1H3;1H. The van der Waals surface area contributed by atoms with Crippen molar-refractivity contribution in [3.63, 3.8) is 0 Å². The molecule has 0 N–H and O–H groups in total. The first-order valence-corrected chi connectivity index (χ1v) is 8.11. The van der Waals surface area contributed by atoms with Crippen LogP contribution in [-0.4, -0.2) is 5.97 Å². The molecule has 25 heavy (non-hydrogen) atoms. The number of halogens is 1. The highest BCUT2D eigenvalue weighted by molar-refractivity contribution is 5.85. The molecule has 0 fully saturated rings. The molecule has 1 atom stereocenters. The molecule has 0 saturated heterocycles.